The third kappa shape index (κ3) is 3.46. The van der Waals surface area contributed by atoms with Crippen LogP contribution in [0.1, 0.15) is 30.6 Å². The van der Waals surface area contributed by atoms with Gasteiger partial charge in [0.2, 0.25) is 0 Å². The number of hydrogen-bond donors (Lipinski definition) is 2. The van der Waals surface area contributed by atoms with E-state index in [2.05, 4.69) is 13.8 Å². The molecule has 1 rings (SSSR count). The van der Waals surface area contributed by atoms with E-state index in [0.29, 0.717) is 29.5 Å². The van der Waals surface area contributed by atoms with Crippen LogP contribution in [0, 0.1) is 5.92 Å². The zero-order valence-corrected chi connectivity index (χ0v) is 9.69. The second kappa shape index (κ2) is 5.39. The number of ether oxygens (including phenoxy) is 1. The van der Waals surface area contributed by atoms with Gasteiger partial charge in [-0.15, -0.1) is 0 Å². The monoisotopic (exact) mass is 222 g/mol. The number of rotatable bonds is 5. The molecular weight excluding hydrogens is 204 g/mol. The van der Waals surface area contributed by atoms with Gasteiger partial charge in [0.05, 0.1) is 12.2 Å². The molecule has 4 heteroatoms. The van der Waals surface area contributed by atoms with Crippen molar-refractivity contribution in [3.05, 3.63) is 23.8 Å². The highest BCUT2D eigenvalue weighted by molar-refractivity contribution is 5.98. The van der Waals surface area contributed by atoms with Crippen molar-refractivity contribution in [1.82, 2.24) is 0 Å². The van der Waals surface area contributed by atoms with Crippen molar-refractivity contribution in [1.29, 1.82) is 0 Å². The number of amides is 1. The first-order valence-electron chi connectivity index (χ1n) is 5.33. The van der Waals surface area contributed by atoms with E-state index >= 15 is 0 Å². The number of benzene rings is 1. The van der Waals surface area contributed by atoms with Gasteiger partial charge in [-0.3, -0.25) is 4.79 Å². The molecule has 0 radical (unpaired) electrons. The minimum absolute atomic E-state index is 0.307. The van der Waals surface area contributed by atoms with Crippen LogP contribution in [0.5, 0.6) is 5.75 Å². The Bertz CT molecular complexity index is 375. The highest BCUT2D eigenvalue weighted by Crippen LogP contribution is 2.19. The van der Waals surface area contributed by atoms with Crippen molar-refractivity contribution in [2.45, 2.75) is 20.3 Å². The van der Waals surface area contributed by atoms with Gasteiger partial charge in [0.25, 0.3) is 5.91 Å². The van der Waals surface area contributed by atoms with Crippen molar-refractivity contribution >= 4 is 11.6 Å². The molecule has 0 spiro atoms. The van der Waals surface area contributed by atoms with Crippen LogP contribution < -0.4 is 16.2 Å². The van der Waals surface area contributed by atoms with E-state index in [1.165, 1.54) is 0 Å². The molecule has 1 aromatic rings. The number of carbonyl (C=O) groups excluding carboxylic acids is 1. The average Bonchev–Trinajstić information content (AvgIpc) is 2.19. The van der Waals surface area contributed by atoms with Crippen LogP contribution >= 0.6 is 0 Å². The maximum absolute atomic E-state index is 11.0. The third-order valence-corrected chi connectivity index (χ3v) is 2.25. The van der Waals surface area contributed by atoms with E-state index in [-0.39, 0.29) is 0 Å². The molecular formula is C12H18N2O2. The van der Waals surface area contributed by atoms with Gasteiger partial charge in [0.1, 0.15) is 5.75 Å². The number of nitrogen functional groups attached to an aromatic ring is 1. The summed E-state index contributed by atoms with van der Waals surface area (Å²) < 4.78 is 5.50. The van der Waals surface area contributed by atoms with E-state index in [0.717, 1.165) is 6.42 Å². The predicted molar refractivity (Wildman–Crippen MR) is 64.3 cm³/mol. The van der Waals surface area contributed by atoms with E-state index in [4.69, 9.17) is 16.2 Å². The van der Waals surface area contributed by atoms with E-state index in [1.807, 2.05) is 0 Å². The first kappa shape index (κ1) is 12.4. The summed E-state index contributed by atoms with van der Waals surface area (Å²) in [4.78, 5) is 11.0. The van der Waals surface area contributed by atoms with Gasteiger partial charge in [0, 0.05) is 5.69 Å². The Labute approximate surface area is 95.6 Å². The molecule has 0 atom stereocenters. The summed E-state index contributed by atoms with van der Waals surface area (Å²) in [5, 5.41) is 0. The Hall–Kier alpha value is -1.71. The second-order valence-corrected chi connectivity index (χ2v) is 4.14. The van der Waals surface area contributed by atoms with Crippen LogP contribution in [0.15, 0.2) is 18.2 Å². The van der Waals surface area contributed by atoms with Crippen LogP contribution in [0.2, 0.25) is 0 Å². The van der Waals surface area contributed by atoms with Gasteiger partial charge in [0.15, 0.2) is 0 Å². The van der Waals surface area contributed by atoms with Gasteiger partial charge in [-0.1, -0.05) is 13.8 Å². The van der Waals surface area contributed by atoms with Gasteiger partial charge >= 0.3 is 0 Å². The Balaban J connectivity index is 2.68. The summed E-state index contributed by atoms with van der Waals surface area (Å²) in [6, 6.07) is 4.95. The molecule has 0 saturated heterocycles. The summed E-state index contributed by atoms with van der Waals surface area (Å²) >= 11 is 0. The van der Waals surface area contributed by atoms with Crippen LogP contribution in [0.25, 0.3) is 0 Å². The molecule has 88 valence electrons. The molecule has 1 aromatic carbocycles. The van der Waals surface area contributed by atoms with Crippen LogP contribution in [-0.4, -0.2) is 12.5 Å². The predicted octanol–water partition coefficient (Wildman–Crippen LogP) is 1.79. The maximum atomic E-state index is 11.0. The van der Waals surface area contributed by atoms with Crippen molar-refractivity contribution in [3.63, 3.8) is 0 Å². The molecule has 0 aliphatic carbocycles. The van der Waals surface area contributed by atoms with Gasteiger partial charge < -0.3 is 16.2 Å². The lowest BCUT2D eigenvalue weighted by Gasteiger charge is -2.09. The number of nitrogens with two attached hydrogens (primary N) is 2. The van der Waals surface area contributed by atoms with Gasteiger partial charge in [-0.05, 0) is 30.5 Å². The Morgan fingerprint density at radius 3 is 2.69 bits per heavy atom. The van der Waals surface area contributed by atoms with Crippen LogP contribution in [0.4, 0.5) is 5.69 Å². The molecule has 0 aromatic heterocycles. The quantitative estimate of drug-likeness (QED) is 0.745. The van der Waals surface area contributed by atoms with Crippen LogP contribution in [0.3, 0.4) is 0 Å². The minimum Gasteiger partial charge on any atom is -0.494 e. The van der Waals surface area contributed by atoms with Gasteiger partial charge in [-0.2, -0.15) is 0 Å². The smallest absolute Gasteiger partial charge is 0.250 e. The fourth-order valence-electron chi connectivity index (χ4n) is 1.25. The molecule has 0 fully saturated rings. The highest BCUT2D eigenvalue weighted by atomic mass is 16.5. The summed E-state index contributed by atoms with van der Waals surface area (Å²) in [7, 11) is 0. The third-order valence-electron chi connectivity index (χ3n) is 2.25. The molecule has 0 saturated carbocycles. The summed E-state index contributed by atoms with van der Waals surface area (Å²) in [6.07, 6.45) is 0.969. The van der Waals surface area contributed by atoms with Crippen LogP contribution in [-0.2, 0) is 0 Å². The standard InChI is InChI=1S/C12H18N2O2/c1-8(2)5-6-16-9-3-4-11(13)10(7-9)12(14)15/h3-4,7-8H,5-6,13H2,1-2H3,(H2,14,15). The summed E-state index contributed by atoms with van der Waals surface area (Å²) in [5.41, 5.74) is 11.5. The molecule has 16 heavy (non-hydrogen) atoms. The molecule has 0 unspecified atom stereocenters. The molecule has 1 amide bonds. The zero-order valence-electron chi connectivity index (χ0n) is 9.69. The first-order valence-corrected chi connectivity index (χ1v) is 5.33. The normalized spacial score (nSPS) is 10.4. The Kier molecular flexibility index (Phi) is 4.17. The number of hydrogen-bond acceptors (Lipinski definition) is 3. The van der Waals surface area contributed by atoms with Crippen molar-refractivity contribution < 1.29 is 9.53 Å². The SMILES string of the molecule is CC(C)CCOc1ccc(N)c(C(N)=O)c1. The Morgan fingerprint density at radius 1 is 1.44 bits per heavy atom. The fraction of sp³-hybridized carbons (Fsp3) is 0.417. The topological polar surface area (TPSA) is 78.3 Å². The summed E-state index contributed by atoms with van der Waals surface area (Å²) in [6.45, 7) is 4.88. The Morgan fingerprint density at radius 2 is 2.12 bits per heavy atom. The molecule has 0 heterocycles. The largest absolute Gasteiger partial charge is 0.494 e. The highest BCUT2D eigenvalue weighted by Gasteiger charge is 2.07. The van der Waals surface area contributed by atoms with Crippen molar-refractivity contribution in [3.8, 4) is 5.75 Å². The first-order chi connectivity index (χ1) is 7.50. The lowest BCUT2D eigenvalue weighted by atomic mass is 10.1. The lowest BCUT2D eigenvalue weighted by Crippen LogP contribution is -2.13. The number of carbonyl (C=O) groups is 1. The number of primary amides is 1. The van der Waals surface area contributed by atoms with E-state index < -0.39 is 5.91 Å². The maximum Gasteiger partial charge on any atom is 0.250 e. The van der Waals surface area contributed by atoms with Crippen molar-refractivity contribution in [2.24, 2.45) is 11.7 Å². The van der Waals surface area contributed by atoms with E-state index in [1.54, 1.807) is 18.2 Å². The lowest BCUT2D eigenvalue weighted by molar-refractivity contribution is 0.100. The van der Waals surface area contributed by atoms with Gasteiger partial charge in [-0.25, -0.2) is 0 Å². The molecule has 4 N–H and O–H groups in total. The fourth-order valence-corrected chi connectivity index (χ4v) is 1.25. The number of anilines is 1. The minimum atomic E-state index is -0.535. The zero-order chi connectivity index (χ0) is 12.1. The molecule has 0 aliphatic heterocycles. The molecule has 0 aliphatic rings. The van der Waals surface area contributed by atoms with E-state index in [9.17, 15) is 4.79 Å². The average molecular weight is 222 g/mol. The summed E-state index contributed by atoms with van der Waals surface area (Å²) in [5.74, 6) is 0.680. The second-order valence-electron chi connectivity index (χ2n) is 4.14. The van der Waals surface area contributed by atoms with Crippen molar-refractivity contribution in [2.75, 3.05) is 12.3 Å². The molecule has 0 bridgehead atoms. The molecule has 4 nitrogen and oxygen atoms in total.